The van der Waals surface area contributed by atoms with Gasteiger partial charge in [0.15, 0.2) is 0 Å². The maximum atomic E-state index is 12.5. The van der Waals surface area contributed by atoms with E-state index in [-0.39, 0.29) is 18.2 Å². The molecule has 1 N–H and O–H groups in total. The first-order valence-electron chi connectivity index (χ1n) is 7.59. The third-order valence-corrected chi connectivity index (χ3v) is 4.61. The summed E-state index contributed by atoms with van der Waals surface area (Å²) < 4.78 is 5.57. The Hall–Kier alpha value is -1.75. The summed E-state index contributed by atoms with van der Waals surface area (Å²) in [5.74, 6) is 0. The Morgan fingerprint density at radius 1 is 1.33 bits per heavy atom. The topological polar surface area (TPSA) is 44.8 Å². The summed E-state index contributed by atoms with van der Waals surface area (Å²) in [5.41, 5.74) is 3.43. The molecule has 0 saturated carbocycles. The molecular formula is C16H23N3O2. The summed E-state index contributed by atoms with van der Waals surface area (Å²) in [6, 6.07) is 6.22. The summed E-state index contributed by atoms with van der Waals surface area (Å²) in [5, 5.41) is 3.02. The Morgan fingerprint density at radius 2 is 2.14 bits per heavy atom. The number of carbonyl (C=O) groups is 1. The quantitative estimate of drug-likeness (QED) is 0.863. The highest BCUT2D eigenvalue weighted by Gasteiger charge is 2.29. The molecule has 0 spiro atoms. The van der Waals surface area contributed by atoms with Gasteiger partial charge in [-0.05, 0) is 38.0 Å². The summed E-state index contributed by atoms with van der Waals surface area (Å²) in [7, 11) is 2.09. The van der Waals surface area contributed by atoms with Crippen LogP contribution in [0.5, 0.6) is 0 Å². The second-order valence-corrected chi connectivity index (χ2v) is 5.96. The summed E-state index contributed by atoms with van der Waals surface area (Å²) >= 11 is 0. The van der Waals surface area contributed by atoms with Crippen LogP contribution in [0.25, 0.3) is 0 Å². The normalized spacial score (nSPS) is 24.9. The third kappa shape index (κ3) is 2.70. The second-order valence-electron chi connectivity index (χ2n) is 5.96. The van der Waals surface area contributed by atoms with Gasteiger partial charge < -0.3 is 19.9 Å². The molecule has 2 aliphatic heterocycles. The highest BCUT2D eigenvalue weighted by molar-refractivity contribution is 5.90. The Labute approximate surface area is 125 Å². The van der Waals surface area contributed by atoms with Gasteiger partial charge in [-0.15, -0.1) is 0 Å². The van der Waals surface area contributed by atoms with E-state index >= 15 is 0 Å². The summed E-state index contributed by atoms with van der Waals surface area (Å²) in [6.45, 7) is 6.33. The van der Waals surface area contributed by atoms with Crippen LogP contribution in [0.1, 0.15) is 19.4 Å². The molecule has 2 atom stereocenters. The predicted molar refractivity (Wildman–Crippen MR) is 84.0 cm³/mol. The van der Waals surface area contributed by atoms with E-state index < -0.39 is 0 Å². The van der Waals surface area contributed by atoms with Gasteiger partial charge in [0.2, 0.25) is 0 Å². The van der Waals surface area contributed by atoms with Crippen LogP contribution in [-0.4, -0.2) is 49.8 Å². The Bertz CT molecular complexity index is 546. The molecular weight excluding hydrogens is 266 g/mol. The molecule has 2 heterocycles. The Morgan fingerprint density at radius 3 is 2.95 bits per heavy atom. The number of anilines is 2. The van der Waals surface area contributed by atoms with Crippen molar-refractivity contribution in [1.82, 2.24) is 4.90 Å². The number of likely N-dealkylation sites (N-methyl/N-ethyl adjacent to an activating group) is 1. The van der Waals surface area contributed by atoms with Gasteiger partial charge in [0, 0.05) is 31.5 Å². The molecule has 1 saturated heterocycles. The van der Waals surface area contributed by atoms with Crippen molar-refractivity contribution >= 4 is 17.4 Å². The molecule has 5 nitrogen and oxygen atoms in total. The van der Waals surface area contributed by atoms with Crippen molar-refractivity contribution in [2.75, 3.05) is 37.0 Å². The third-order valence-electron chi connectivity index (χ3n) is 4.61. The van der Waals surface area contributed by atoms with Gasteiger partial charge >= 0.3 is 6.03 Å². The number of morpholine rings is 1. The monoisotopic (exact) mass is 289 g/mol. The number of rotatable bonds is 1. The molecule has 2 aliphatic rings. The number of amides is 2. The van der Waals surface area contributed by atoms with Crippen molar-refractivity contribution in [2.45, 2.75) is 32.4 Å². The summed E-state index contributed by atoms with van der Waals surface area (Å²) in [4.78, 5) is 16.5. The van der Waals surface area contributed by atoms with Crippen LogP contribution in [0.15, 0.2) is 18.2 Å². The van der Waals surface area contributed by atoms with Crippen molar-refractivity contribution in [2.24, 2.45) is 0 Å². The van der Waals surface area contributed by atoms with Gasteiger partial charge in [-0.1, -0.05) is 6.07 Å². The number of hydrogen-bond donors (Lipinski definition) is 1. The smallest absolute Gasteiger partial charge is 0.322 e. The van der Waals surface area contributed by atoms with Crippen LogP contribution in [-0.2, 0) is 11.2 Å². The molecule has 0 unspecified atom stereocenters. The lowest BCUT2D eigenvalue weighted by molar-refractivity contribution is -0.0355. The minimum Gasteiger partial charge on any atom is -0.375 e. The van der Waals surface area contributed by atoms with Gasteiger partial charge in [0.05, 0.1) is 18.8 Å². The lowest BCUT2D eigenvalue weighted by Gasteiger charge is -2.37. The fraction of sp³-hybridized carbons (Fsp3) is 0.562. The second kappa shape index (κ2) is 5.56. The standard InChI is InChI=1S/C16H23N3O2/c1-11-12(2)21-9-8-19(11)16(20)17-14-5-4-13-6-7-18(3)15(13)10-14/h4-5,10-12H,6-9H2,1-3H3,(H,17,20)/t11-,12+/m0/s1. The zero-order valence-corrected chi connectivity index (χ0v) is 12.9. The molecule has 0 radical (unpaired) electrons. The highest BCUT2D eigenvalue weighted by Crippen LogP contribution is 2.29. The fourth-order valence-corrected chi connectivity index (χ4v) is 3.03. The Kier molecular flexibility index (Phi) is 3.76. The van der Waals surface area contributed by atoms with Gasteiger partial charge in [0.1, 0.15) is 0 Å². The number of carbonyl (C=O) groups excluding carboxylic acids is 1. The average Bonchev–Trinajstić information content (AvgIpc) is 2.83. The van der Waals surface area contributed by atoms with E-state index in [1.165, 1.54) is 11.3 Å². The van der Waals surface area contributed by atoms with Crippen molar-refractivity contribution < 1.29 is 9.53 Å². The van der Waals surface area contributed by atoms with E-state index in [1.807, 2.05) is 24.8 Å². The molecule has 5 heteroatoms. The van der Waals surface area contributed by atoms with E-state index in [4.69, 9.17) is 4.74 Å². The minimum absolute atomic E-state index is 0.0433. The average molecular weight is 289 g/mol. The van der Waals surface area contributed by atoms with Crippen LogP contribution in [0.3, 0.4) is 0 Å². The van der Waals surface area contributed by atoms with Crippen molar-refractivity contribution in [1.29, 1.82) is 0 Å². The first-order chi connectivity index (χ1) is 10.1. The number of fused-ring (bicyclic) bond motifs is 1. The molecule has 0 aliphatic carbocycles. The molecule has 1 fully saturated rings. The van der Waals surface area contributed by atoms with E-state index in [1.54, 1.807) is 0 Å². The van der Waals surface area contributed by atoms with Crippen LogP contribution in [0, 0.1) is 0 Å². The molecule has 114 valence electrons. The molecule has 2 amide bonds. The number of hydrogen-bond acceptors (Lipinski definition) is 3. The van der Waals surface area contributed by atoms with E-state index in [0.29, 0.717) is 13.2 Å². The SMILES string of the molecule is C[C@H]1OCCN(C(=O)Nc2ccc3c(c2)N(C)CC3)[C@H]1C. The van der Waals surface area contributed by atoms with Gasteiger partial charge in [-0.3, -0.25) is 0 Å². The first-order valence-corrected chi connectivity index (χ1v) is 7.59. The van der Waals surface area contributed by atoms with E-state index in [0.717, 1.165) is 18.7 Å². The molecule has 3 rings (SSSR count). The number of urea groups is 1. The minimum atomic E-state index is -0.0433. The van der Waals surface area contributed by atoms with E-state index in [9.17, 15) is 4.79 Å². The van der Waals surface area contributed by atoms with E-state index in [2.05, 4.69) is 29.4 Å². The molecule has 0 bridgehead atoms. The largest absolute Gasteiger partial charge is 0.375 e. The van der Waals surface area contributed by atoms with Crippen LogP contribution in [0.4, 0.5) is 16.2 Å². The zero-order chi connectivity index (χ0) is 15.0. The first kappa shape index (κ1) is 14.2. The van der Waals surface area contributed by atoms with Gasteiger partial charge in [0.25, 0.3) is 0 Å². The highest BCUT2D eigenvalue weighted by atomic mass is 16.5. The molecule has 0 aromatic heterocycles. The van der Waals surface area contributed by atoms with Crippen molar-refractivity contribution in [3.63, 3.8) is 0 Å². The van der Waals surface area contributed by atoms with Crippen LogP contribution >= 0.6 is 0 Å². The van der Waals surface area contributed by atoms with Crippen molar-refractivity contribution in [3.05, 3.63) is 23.8 Å². The lowest BCUT2D eigenvalue weighted by Crippen LogP contribution is -2.52. The van der Waals surface area contributed by atoms with Gasteiger partial charge in [-0.2, -0.15) is 0 Å². The fourth-order valence-electron chi connectivity index (χ4n) is 3.03. The maximum absolute atomic E-state index is 12.5. The van der Waals surface area contributed by atoms with Crippen molar-refractivity contribution in [3.8, 4) is 0 Å². The summed E-state index contributed by atoms with van der Waals surface area (Å²) in [6.07, 6.45) is 1.16. The predicted octanol–water partition coefficient (Wildman–Crippen LogP) is 2.32. The zero-order valence-electron chi connectivity index (χ0n) is 12.9. The molecule has 1 aromatic carbocycles. The van der Waals surface area contributed by atoms with Crippen LogP contribution < -0.4 is 10.2 Å². The number of nitrogens with zero attached hydrogens (tertiary/aromatic N) is 2. The van der Waals surface area contributed by atoms with Gasteiger partial charge in [-0.25, -0.2) is 4.79 Å². The molecule has 21 heavy (non-hydrogen) atoms. The maximum Gasteiger partial charge on any atom is 0.322 e. The number of benzene rings is 1. The Balaban J connectivity index is 1.72. The number of ether oxygens (including phenoxy) is 1. The number of nitrogens with one attached hydrogen (secondary N) is 1. The van der Waals surface area contributed by atoms with Crippen LogP contribution in [0.2, 0.25) is 0 Å². The lowest BCUT2D eigenvalue weighted by atomic mass is 10.1. The molecule has 1 aromatic rings.